The van der Waals surface area contributed by atoms with E-state index in [1.165, 1.54) is 10.9 Å². The Balaban J connectivity index is 1.41. The summed E-state index contributed by atoms with van der Waals surface area (Å²) in [7, 11) is 1.59. The van der Waals surface area contributed by atoms with Crippen molar-refractivity contribution in [2.45, 2.75) is 33.4 Å². The number of carbonyl (C=O) groups excluding carboxylic acids is 3. The summed E-state index contributed by atoms with van der Waals surface area (Å²) in [5, 5.41) is 6.85. The molecule has 8 nitrogen and oxygen atoms in total. The van der Waals surface area contributed by atoms with Crippen molar-refractivity contribution in [2.24, 2.45) is 0 Å². The first-order valence-electron chi connectivity index (χ1n) is 11.9. The minimum Gasteiger partial charge on any atom is -0.358 e. The Morgan fingerprint density at radius 3 is 2.63 bits per heavy atom. The summed E-state index contributed by atoms with van der Waals surface area (Å²) < 4.78 is 0. The summed E-state index contributed by atoms with van der Waals surface area (Å²) >= 11 is 0. The number of piperazine rings is 1. The van der Waals surface area contributed by atoms with Crippen molar-refractivity contribution in [2.75, 3.05) is 33.2 Å². The van der Waals surface area contributed by atoms with Gasteiger partial charge in [-0.05, 0) is 54.8 Å². The standard InChI is InChI=1S/C27H33N5O3/c1-17-18(2)30-24-9-8-20(12-23(17)24)14-29-26(34)16-31-10-11-32(19(3)33)25(15-31)21-6-5-7-22(13-21)27(35)28-4/h5-9,12-13,25,30H,10-11,14-16H2,1-4H3,(H,28,35)(H,29,34)/t25-/m0/s1. The van der Waals surface area contributed by atoms with Crippen molar-refractivity contribution in [1.82, 2.24) is 25.4 Å². The monoisotopic (exact) mass is 475 g/mol. The van der Waals surface area contributed by atoms with Crippen LogP contribution in [-0.4, -0.2) is 65.7 Å². The fourth-order valence-electron chi connectivity index (χ4n) is 4.75. The zero-order valence-electron chi connectivity index (χ0n) is 20.8. The molecule has 184 valence electrons. The maximum atomic E-state index is 12.8. The van der Waals surface area contributed by atoms with Crippen molar-refractivity contribution in [3.05, 3.63) is 70.4 Å². The van der Waals surface area contributed by atoms with Crippen molar-refractivity contribution in [3.8, 4) is 0 Å². The summed E-state index contributed by atoms with van der Waals surface area (Å²) in [5.74, 6) is -0.243. The molecule has 8 heteroatoms. The summed E-state index contributed by atoms with van der Waals surface area (Å²) in [4.78, 5) is 44.4. The molecule has 0 saturated carbocycles. The summed E-state index contributed by atoms with van der Waals surface area (Å²) in [6.45, 7) is 8.10. The largest absolute Gasteiger partial charge is 0.358 e. The second-order valence-electron chi connectivity index (χ2n) is 9.20. The van der Waals surface area contributed by atoms with Crippen LogP contribution in [0, 0.1) is 13.8 Å². The van der Waals surface area contributed by atoms with E-state index in [-0.39, 0.29) is 30.3 Å². The van der Waals surface area contributed by atoms with E-state index in [0.29, 0.717) is 31.7 Å². The molecule has 4 rings (SSSR count). The van der Waals surface area contributed by atoms with Gasteiger partial charge in [0.05, 0.1) is 12.6 Å². The van der Waals surface area contributed by atoms with Gasteiger partial charge in [0.25, 0.3) is 5.91 Å². The first kappa shape index (κ1) is 24.5. The Kier molecular flexibility index (Phi) is 7.21. The summed E-state index contributed by atoms with van der Waals surface area (Å²) in [5.41, 5.74) is 5.97. The molecule has 0 bridgehead atoms. The molecule has 3 amide bonds. The highest BCUT2D eigenvalue weighted by Crippen LogP contribution is 2.26. The van der Waals surface area contributed by atoms with Gasteiger partial charge in [0.15, 0.2) is 0 Å². The Labute approximate surface area is 205 Å². The van der Waals surface area contributed by atoms with Gasteiger partial charge in [-0.3, -0.25) is 19.3 Å². The van der Waals surface area contributed by atoms with E-state index >= 15 is 0 Å². The van der Waals surface area contributed by atoms with Crippen LogP contribution >= 0.6 is 0 Å². The molecule has 2 heterocycles. The molecule has 3 aromatic rings. The van der Waals surface area contributed by atoms with Crippen LogP contribution in [-0.2, 0) is 16.1 Å². The lowest BCUT2D eigenvalue weighted by Gasteiger charge is -2.41. The molecule has 0 unspecified atom stereocenters. The van der Waals surface area contributed by atoms with Crippen molar-refractivity contribution in [1.29, 1.82) is 0 Å². The molecular formula is C27H33N5O3. The van der Waals surface area contributed by atoms with E-state index in [9.17, 15) is 14.4 Å². The van der Waals surface area contributed by atoms with Gasteiger partial charge >= 0.3 is 0 Å². The van der Waals surface area contributed by atoms with Crippen molar-refractivity contribution in [3.63, 3.8) is 0 Å². The molecule has 1 fully saturated rings. The third kappa shape index (κ3) is 5.38. The number of benzene rings is 2. The lowest BCUT2D eigenvalue weighted by atomic mass is 9.99. The minimum absolute atomic E-state index is 0.0184. The number of nitrogens with zero attached hydrogens (tertiary/aromatic N) is 2. The predicted octanol–water partition coefficient (Wildman–Crippen LogP) is 2.67. The molecule has 0 aliphatic carbocycles. The zero-order chi connectivity index (χ0) is 25.1. The van der Waals surface area contributed by atoms with Gasteiger partial charge in [-0.2, -0.15) is 0 Å². The maximum Gasteiger partial charge on any atom is 0.251 e. The number of carbonyl (C=O) groups is 3. The fourth-order valence-corrected chi connectivity index (χ4v) is 4.75. The van der Waals surface area contributed by atoms with Gasteiger partial charge in [0.1, 0.15) is 0 Å². The smallest absolute Gasteiger partial charge is 0.251 e. The number of H-pyrrole nitrogens is 1. The van der Waals surface area contributed by atoms with E-state index in [4.69, 9.17) is 0 Å². The lowest BCUT2D eigenvalue weighted by Crippen LogP contribution is -2.52. The first-order chi connectivity index (χ1) is 16.8. The number of amides is 3. The topological polar surface area (TPSA) is 97.5 Å². The molecule has 2 aromatic carbocycles. The zero-order valence-corrected chi connectivity index (χ0v) is 20.8. The van der Waals surface area contributed by atoms with E-state index < -0.39 is 0 Å². The first-order valence-corrected chi connectivity index (χ1v) is 11.9. The Hall–Kier alpha value is -3.65. The van der Waals surface area contributed by atoms with Crippen LogP contribution in [0.2, 0.25) is 0 Å². The number of hydrogen-bond acceptors (Lipinski definition) is 4. The molecule has 0 radical (unpaired) electrons. The van der Waals surface area contributed by atoms with Crippen LogP contribution in [0.25, 0.3) is 10.9 Å². The number of hydrogen-bond donors (Lipinski definition) is 3. The maximum absolute atomic E-state index is 12.8. The molecule has 1 aliphatic heterocycles. The summed E-state index contributed by atoms with van der Waals surface area (Å²) in [6.07, 6.45) is 0. The lowest BCUT2D eigenvalue weighted by molar-refractivity contribution is -0.134. The molecule has 35 heavy (non-hydrogen) atoms. The van der Waals surface area contributed by atoms with E-state index in [2.05, 4.69) is 46.5 Å². The number of rotatable bonds is 6. The molecule has 1 saturated heterocycles. The Morgan fingerprint density at radius 1 is 1.09 bits per heavy atom. The molecule has 1 aromatic heterocycles. The quantitative estimate of drug-likeness (QED) is 0.511. The number of nitrogens with one attached hydrogen (secondary N) is 3. The summed E-state index contributed by atoms with van der Waals surface area (Å²) in [6, 6.07) is 13.3. The Morgan fingerprint density at radius 2 is 1.89 bits per heavy atom. The van der Waals surface area contributed by atoms with Crippen molar-refractivity contribution >= 4 is 28.6 Å². The molecule has 1 aliphatic rings. The Bertz CT molecular complexity index is 1260. The highest BCUT2D eigenvalue weighted by Gasteiger charge is 2.31. The predicted molar refractivity (Wildman–Crippen MR) is 136 cm³/mol. The van der Waals surface area contributed by atoms with Gasteiger partial charge in [-0.1, -0.05) is 18.2 Å². The van der Waals surface area contributed by atoms with Crippen LogP contribution in [0.5, 0.6) is 0 Å². The van der Waals surface area contributed by atoms with Gasteiger partial charge in [-0.15, -0.1) is 0 Å². The fraction of sp³-hybridized carbons (Fsp3) is 0.370. The second kappa shape index (κ2) is 10.3. The number of aromatic nitrogens is 1. The van der Waals surface area contributed by atoms with E-state index in [1.807, 2.05) is 29.2 Å². The van der Waals surface area contributed by atoms with E-state index in [1.54, 1.807) is 20.0 Å². The van der Waals surface area contributed by atoms with Gasteiger partial charge in [0, 0.05) is 62.3 Å². The highest BCUT2D eigenvalue weighted by atomic mass is 16.2. The number of aromatic amines is 1. The average Bonchev–Trinajstić information content (AvgIpc) is 3.14. The normalized spacial score (nSPS) is 16.3. The third-order valence-corrected chi connectivity index (χ3v) is 6.86. The van der Waals surface area contributed by atoms with Crippen LogP contribution in [0.4, 0.5) is 0 Å². The van der Waals surface area contributed by atoms with Crippen molar-refractivity contribution < 1.29 is 14.4 Å². The van der Waals surface area contributed by atoms with Crippen LogP contribution < -0.4 is 10.6 Å². The van der Waals surface area contributed by atoms with Crippen LogP contribution in [0.3, 0.4) is 0 Å². The van der Waals surface area contributed by atoms with Gasteiger partial charge < -0.3 is 20.5 Å². The molecule has 1 atom stereocenters. The molecule has 3 N–H and O–H groups in total. The van der Waals surface area contributed by atoms with Crippen LogP contribution in [0.15, 0.2) is 42.5 Å². The SMILES string of the molecule is CNC(=O)c1cccc([C@@H]2CN(CC(=O)NCc3ccc4[nH]c(C)c(C)c4c3)CCN2C(C)=O)c1. The minimum atomic E-state index is -0.221. The van der Waals surface area contributed by atoms with Gasteiger partial charge in [-0.25, -0.2) is 0 Å². The number of fused-ring (bicyclic) bond motifs is 1. The number of aryl methyl sites for hydroxylation is 2. The third-order valence-electron chi connectivity index (χ3n) is 6.86. The molecule has 0 spiro atoms. The van der Waals surface area contributed by atoms with E-state index in [0.717, 1.165) is 22.3 Å². The average molecular weight is 476 g/mol. The van der Waals surface area contributed by atoms with Crippen LogP contribution in [0.1, 0.15) is 45.7 Å². The highest BCUT2D eigenvalue weighted by molar-refractivity contribution is 5.94. The molecular weight excluding hydrogens is 442 g/mol. The van der Waals surface area contributed by atoms with Gasteiger partial charge in [0.2, 0.25) is 11.8 Å². The second-order valence-corrected chi connectivity index (χ2v) is 9.20.